The number of hydrogen-bond acceptors (Lipinski definition) is 4. The molecular formula is C15H22BNO3. The standard InChI is InChI=1S/C15H22BNO3/c1-14(2)15(3,4)20-16(19-14)12-8-7-11(9-13(12)17)18-10-5-6-10/h7-10H,5-6,17H2,1-4H3. The summed E-state index contributed by atoms with van der Waals surface area (Å²) in [5.74, 6) is 0.824. The number of ether oxygens (including phenoxy) is 1. The molecule has 1 aliphatic heterocycles. The highest BCUT2D eigenvalue weighted by atomic mass is 16.7. The van der Waals surface area contributed by atoms with E-state index in [1.807, 2.05) is 45.9 Å². The second-order valence-electron chi connectivity index (χ2n) is 6.70. The van der Waals surface area contributed by atoms with Gasteiger partial charge in [0.25, 0.3) is 0 Å². The van der Waals surface area contributed by atoms with Gasteiger partial charge in [0.15, 0.2) is 0 Å². The lowest BCUT2D eigenvalue weighted by atomic mass is 9.78. The molecule has 1 aliphatic carbocycles. The highest BCUT2D eigenvalue weighted by Crippen LogP contribution is 2.37. The summed E-state index contributed by atoms with van der Waals surface area (Å²) in [6.45, 7) is 8.14. The Hall–Kier alpha value is -1.20. The van der Waals surface area contributed by atoms with Gasteiger partial charge in [0.1, 0.15) is 5.75 Å². The Morgan fingerprint density at radius 1 is 1.15 bits per heavy atom. The lowest BCUT2D eigenvalue weighted by Crippen LogP contribution is -2.41. The first-order chi connectivity index (χ1) is 9.28. The molecular weight excluding hydrogens is 253 g/mol. The molecule has 1 heterocycles. The molecule has 3 rings (SSSR count). The molecule has 0 amide bonds. The van der Waals surface area contributed by atoms with E-state index in [4.69, 9.17) is 19.8 Å². The van der Waals surface area contributed by atoms with Crippen LogP contribution in [-0.4, -0.2) is 24.4 Å². The van der Waals surface area contributed by atoms with Gasteiger partial charge in [-0.15, -0.1) is 0 Å². The van der Waals surface area contributed by atoms with Crippen LogP contribution in [0.15, 0.2) is 18.2 Å². The van der Waals surface area contributed by atoms with E-state index in [0.29, 0.717) is 11.8 Å². The summed E-state index contributed by atoms with van der Waals surface area (Å²) in [5.41, 5.74) is 6.95. The molecule has 0 spiro atoms. The molecule has 5 heteroatoms. The summed E-state index contributed by atoms with van der Waals surface area (Å²) in [4.78, 5) is 0. The van der Waals surface area contributed by atoms with Crippen LogP contribution in [-0.2, 0) is 9.31 Å². The molecule has 108 valence electrons. The number of hydrogen-bond donors (Lipinski definition) is 1. The van der Waals surface area contributed by atoms with Crippen LogP contribution in [0.2, 0.25) is 0 Å². The molecule has 2 N–H and O–H groups in total. The minimum atomic E-state index is -0.421. The number of rotatable bonds is 3. The first-order valence-electron chi connectivity index (χ1n) is 7.20. The van der Waals surface area contributed by atoms with Crippen molar-refractivity contribution in [3.63, 3.8) is 0 Å². The van der Waals surface area contributed by atoms with E-state index in [0.717, 1.165) is 24.1 Å². The number of nitrogen functional groups attached to an aromatic ring is 1. The third-order valence-corrected chi connectivity index (χ3v) is 4.39. The minimum Gasteiger partial charge on any atom is -0.490 e. The summed E-state index contributed by atoms with van der Waals surface area (Å²) < 4.78 is 17.8. The van der Waals surface area contributed by atoms with Crippen molar-refractivity contribution in [2.75, 3.05) is 5.73 Å². The Morgan fingerprint density at radius 2 is 1.75 bits per heavy atom. The minimum absolute atomic E-state index is 0.354. The lowest BCUT2D eigenvalue weighted by molar-refractivity contribution is 0.00578. The van der Waals surface area contributed by atoms with E-state index in [1.54, 1.807) is 0 Å². The van der Waals surface area contributed by atoms with Crippen LogP contribution in [0.3, 0.4) is 0 Å². The number of benzene rings is 1. The van der Waals surface area contributed by atoms with Gasteiger partial charge in [-0.3, -0.25) is 0 Å². The molecule has 1 saturated heterocycles. The highest BCUT2D eigenvalue weighted by Gasteiger charge is 2.52. The third kappa shape index (κ3) is 2.40. The van der Waals surface area contributed by atoms with Crippen molar-refractivity contribution in [2.45, 2.75) is 57.8 Å². The topological polar surface area (TPSA) is 53.7 Å². The van der Waals surface area contributed by atoms with E-state index in [2.05, 4.69) is 0 Å². The van der Waals surface area contributed by atoms with Crippen LogP contribution in [0.4, 0.5) is 5.69 Å². The maximum atomic E-state index is 6.13. The fourth-order valence-corrected chi connectivity index (χ4v) is 2.19. The second kappa shape index (κ2) is 4.40. The van der Waals surface area contributed by atoms with Crippen molar-refractivity contribution < 1.29 is 14.0 Å². The van der Waals surface area contributed by atoms with E-state index in [1.165, 1.54) is 0 Å². The Morgan fingerprint density at radius 3 is 2.25 bits per heavy atom. The molecule has 2 fully saturated rings. The van der Waals surface area contributed by atoms with Crippen molar-refractivity contribution in [1.82, 2.24) is 0 Å². The quantitative estimate of drug-likeness (QED) is 0.678. The largest absolute Gasteiger partial charge is 0.496 e. The monoisotopic (exact) mass is 275 g/mol. The predicted octanol–water partition coefficient (Wildman–Crippen LogP) is 2.11. The van der Waals surface area contributed by atoms with Gasteiger partial charge in [-0.2, -0.15) is 0 Å². The normalized spacial score (nSPS) is 23.9. The zero-order valence-electron chi connectivity index (χ0n) is 12.6. The van der Waals surface area contributed by atoms with Crippen LogP contribution in [0.1, 0.15) is 40.5 Å². The maximum Gasteiger partial charge on any atom is 0.496 e. The zero-order valence-corrected chi connectivity index (χ0v) is 12.6. The Labute approximate surface area is 120 Å². The van der Waals surface area contributed by atoms with Crippen molar-refractivity contribution >= 4 is 18.3 Å². The van der Waals surface area contributed by atoms with E-state index in [-0.39, 0.29) is 11.2 Å². The highest BCUT2D eigenvalue weighted by molar-refractivity contribution is 6.63. The fraction of sp³-hybridized carbons (Fsp3) is 0.600. The molecule has 0 aromatic heterocycles. The van der Waals surface area contributed by atoms with Crippen LogP contribution in [0, 0.1) is 0 Å². The van der Waals surface area contributed by atoms with Crippen molar-refractivity contribution in [3.8, 4) is 5.75 Å². The lowest BCUT2D eigenvalue weighted by Gasteiger charge is -2.32. The zero-order chi connectivity index (χ0) is 14.5. The molecule has 1 aromatic rings. The molecule has 20 heavy (non-hydrogen) atoms. The van der Waals surface area contributed by atoms with Gasteiger partial charge in [-0.25, -0.2) is 0 Å². The molecule has 1 aromatic carbocycles. The van der Waals surface area contributed by atoms with Gasteiger partial charge in [0.2, 0.25) is 0 Å². The second-order valence-corrected chi connectivity index (χ2v) is 6.70. The van der Waals surface area contributed by atoms with Gasteiger partial charge >= 0.3 is 7.12 Å². The Bertz CT molecular complexity index is 510. The SMILES string of the molecule is CC1(C)OB(c2ccc(OC3CC3)cc2N)OC1(C)C. The molecule has 0 unspecified atom stereocenters. The number of anilines is 1. The van der Waals surface area contributed by atoms with E-state index >= 15 is 0 Å². The van der Waals surface area contributed by atoms with Gasteiger partial charge in [-0.1, -0.05) is 6.07 Å². The molecule has 0 atom stereocenters. The average molecular weight is 275 g/mol. The van der Waals surface area contributed by atoms with Crippen LogP contribution in [0.5, 0.6) is 5.75 Å². The van der Waals surface area contributed by atoms with Crippen LogP contribution in [0.25, 0.3) is 0 Å². The van der Waals surface area contributed by atoms with Gasteiger partial charge < -0.3 is 19.8 Å². The summed E-state index contributed by atoms with van der Waals surface area (Å²) in [6, 6.07) is 5.74. The molecule has 0 radical (unpaired) electrons. The fourth-order valence-electron chi connectivity index (χ4n) is 2.19. The van der Waals surface area contributed by atoms with Gasteiger partial charge in [0, 0.05) is 17.2 Å². The summed E-state index contributed by atoms with van der Waals surface area (Å²) in [5, 5.41) is 0. The van der Waals surface area contributed by atoms with Crippen molar-refractivity contribution in [1.29, 1.82) is 0 Å². The maximum absolute atomic E-state index is 6.13. The number of nitrogens with two attached hydrogens (primary N) is 1. The Kier molecular flexibility index (Phi) is 3.03. The predicted molar refractivity (Wildman–Crippen MR) is 80.2 cm³/mol. The van der Waals surface area contributed by atoms with Gasteiger partial charge in [-0.05, 0) is 46.6 Å². The molecule has 0 bridgehead atoms. The summed E-state index contributed by atoms with van der Waals surface area (Å²) >= 11 is 0. The van der Waals surface area contributed by atoms with Crippen LogP contribution < -0.4 is 15.9 Å². The first kappa shape index (κ1) is 13.8. The van der Waals surface area contributed by atoms with E-state index < -0.39 is 7.12 Å². The smallest absolute Gasteiger partial charge is 0.490 e. The van der Waals surface area contributed by atoms with Crippen molar-refractivity contribution in [2.24, 2.45) is 0 Å². The van der Waals surface area contributed by atoms with Gasteiger partial charge in [0.05, 0.1) is 17.3 Å². The third-order valence-electron chi connectivity index (χ3n) is 4.39. The molecule has 4 nitrogen and oxygen atoms in total. The Balaban J connectivity index is 1.80. The van der Waals surface area contributed by atoms with E-state index in [9.17, 15) is 0 Å². The molecule has 1 saturated carbocycles. The van der Waals surface area contributed by atoms with Crippen molar-refractivity contribution in [3.05, 3.63) is 18.2 Å². The van der Waals surface area contributed by atoms with Crippen LogP contribution >= 0.6 is 0 Å². The summed E-state index contributed by atoms with van der Waals surface area (Å²) in [6.07, 6.45) is 2.65. The first-order valence-corrected chi connectivity index (χ1v) is 7.20. The average Bonchev–Trinajstić information content (AvgIpc) is 3.07. The molecule has 2 aliphatic rings. The summed E-state index contributed by atoms with van der Waals surface area (Å²) in [7, 11) is -0.421.